The molecule has 0 spiro atoms. The summed E-state index contributed by atoms with van der Waals surface area (Å²) in [6, 6.07) is 0. The summed E-state index contributed by atoms with van der Waals surface area (Å²) >= 11 is 1.58. The van der Waals surface area contributed by atoms with Gasteiger partial charge >= 0.3 is 0 Å². The van der Waals surface area contributed by atoms with Crippen molar-refractivity contribution in [3.05, 3.63) is 11.9 Å². The number of nitrogens with one attached hydrogen (secondary N) is 1. The van der Waals surface area contributed by atoms with Crippen molar-refractivity contribution in [2.45, 2.75) is 37.9 Å². The highest BCUT2D eigenvalue weighted by Crippen LogP contribution is 2.18. The van der Waals surface area contributed by atoms with Crippen LogP contribution in [-0.4, -0.2) is 45.6 Å². The van der Waals surface area contributed by atoms with E-state index in [2.05, 4.69) is 10.3 Å². The molecule has 7 heteroatoms. The van der Waals surface area contributed by atoms with E-state index in [-0.39, 0.29) is 17.7 Å². The molecule has 1 N–H and O–H groups in total. The molecule has 1 aliphatic heterocycles. The summed E-state index contributed by atoms with van der Waals surface area (Å²) in [7, 11) is 1.95. The summed E-state index contributed by atoms with van der Waals surface area (Å²) < 4.78 is 1.98. The number of imidazole rings is 1. The second kappa shape index (κ2) is 7.67. The zero-order chi connectivity index (χ0) is 16.1. The van der Waals surface area contributed by atoms with Gasteiger partial charge in [-0.3, -0.25) is 9.59 Å². The maximum atomic E-state index is 12.3. The fourth-order valence-corrected chi connectivity index (χ4v) is 3.29. The molecular formula is C15H24N4O2S. The Morgan fingerprint density at radius 3 is 2.91 bits per heavy atom. The van der Waals surface area contributed by atoms with Gasteiger partial charge in [0, 0.05) is 26.6 Å². The van der Waals surface area contributed by atoms with Gasteiger partial charge in [-0.05, 0) is 19.1 Å². The molecule has 0 bridgehead atoms. The summed E-state index contributed by atoms with van der Waals surface area (Å²) in [5, 5.41) is 3.91. The van der Waals surface area contributed by atoms with E-state index in [4.69, 9.17) is 0 Å². The number of rotatable bonds is 5. The molecule has 1 aromatic rings. The fraction of sp³-hybridized carbons (Fsp3) is 0.667. The Balaban J connectivity index is 1.89. The molecule has 1 aliphatic rings. The zero-order valence-corrected chi connectivity index (χ0v) is 14.3. The first-order valence-corrected chi connectivity index (χ1v) is 8.89. The van der Waals surface area contributed by atoms with Crippen molar-refractivity contribution in [2.24, 2.45) is 13.0 Å². The highest BCUT2D eigenvalue weighted by Gasteiger charge is 2.27. The second-order valence-corrected chi connectivity index (χ2v) is 6.32. The van der Waals surface area contributed by atoms with Crippen LogP contribution in [0, 0.1) is 5.92 Å². The molecule has 0 aliphatic carbocycles. The molecule has 0 aromatic carbocycles. The number of thioether (sulfide) groups is 1. The van der Waals surface area contributed by atoms with Gasteiger partial charge < -0.3 is 14.8 Å². The average Bonchev–Trinajstić information content (AvgIpc) is 2.91. The van der Waals surface area contributed by atoms with E-state index in [0.717, 1.165) is 30.2 Å². The van der Waals surface area contributed by atoms with Gasteiger partial charge in [-0.25, -0.2) is 4.98 Å². The molecular weight excluding hydrogens is 300 g/mol. The summed E-state index contributed by atoms with van der Waals surface area (Å²) in [4.78, 5) is 30.2. The fourth-order valence-electron chi connectivity index (χ4n) is 2.74. The van der Waals surface area contributed by atoms with Crippen LogP contribution in [0.5, 0.6) is 0 Å². The van der Waals surface area contributed by atoms with Crippen molar-refractivity contribution in [1.82, 2.24) is 19.8 Å². The first-order valence-electron chi connectivity index (χ1n) is 7.66. The van der Waals surface area contributed by atoms with Gasteiger partial charge in [0.05, 0.1) is 24.4 Å². The van der Waals surface area contributed by atoms with Gasteiger partial charge in [0.1, 0.15) is 0 Å². The number of hydrogen-bond donors (Lipinski definition) is 1. The van der Waals surface area contributed by atoms with Crippen molar-refractivity contribution in [3.8, 4) is 0 Å². The Bertz CT molecular complexity index is 544. The first-order chi connectivity index (χ1) is 10.6. The Labute approximate surface area is 135 Å². The Morgan fingerprint density at radius 2 is 2.27 bits per heavy atom. The summed E-state index contributed by atoms with van der Waals surface area (Å²) in [6.07, 6.45) is 6.01. The minimum Gasteiger partial charge on any atom is -0.350 e. The van der Waals surface area contributed by atoms with Crippen molar-refractivity contribution in [3.63, 3.8) is 0 Å². The average molecular weight is 324 g/mol. The molecule has 1 fully saturated rings. The maximum Gasteiger partial charge on any atom is 0.225 e. The first kappa shape index (κ1) is 16.9. The predicted octanol–water partition coefficient (Wildman–Crippen LogP) is 1.41. The molecule has 2 rings (SSSR count). The van der Waals surface area contributed by atoms with Gasteiger partial charge in [-0.2, -0.15) is 0 Å². The highest BCUT2D eigenvalue weighted by atomic mass is 32.2. The SMILES string of the molecule is CCC(=O)N1CCC[C@H](C(=O)NCc2cnc(SC)n2C)C1. The lowest BCUT2D eigenvalue weighted by Gasteiger charge is -2.31. The van der Waals surface area contributed by atoms with Gasteiger partial charge in [-0.1, -0.05) is 18.7 Å². The topological polar surface area (TPSA) is 67.2 Å². The third-order valence-electron chi connectivity index (χ3n) is 4.12. The van der Waals surface area contributed by atoms with Gasteiger partial charge in [0.15, 0.2) is 5.16 Å². The molecule has 0 saturated carbocycles. The monoisotopic (exact) mass is 324 g/mol. The molecule has 0 radical (unpaired) electrons. The predicted molar refractivity (Wildman–Crippen MR) is 86.4 cm³/mol. The number of carbonyl (C=O) groups is 2. The van der Waals surface area contributed by atoms with Gasteiger partial charge in [-0.15, -0.1) is 0 Å². The lowest BCUT2D eigenvalue weighted by Crippen LogP contribution is -2.45. The molecule has 6 nitrogen and oxygen atoms in total. The van der Waals surface area contributed by atoms with E-state index in [9.17, 15) is 9.59 Å². The number of nitrogens with zero attached hydrogens (tertiary/aromatic N) is 3. The third-order valence-corrected chi connectivity index (χ3v) is 4.86. The van der Waals surface area contributed by atoms with Crippen LogP contribution in [0.1, 0.15) is 31.9 Å². The molecule has 0 unspecified atom stereocenters. The molecule has 1 saturated heterocycles. The molecule has 122 valence electrons. The van der Waals surface area contributed by atoms with Crippen molar-refractivity contribution < 1.29 is 9.59 Å². The number of amides is 2. The van der Waals surface area contributed by atoms with Crippen molar-refractivity contribution >= 4 is 23.6 Å². The molecule has 1 aromatic heterocycles. The van der Waals surface area contributed by atoms with Crippen LogP contribution in [0.25, 0.3) is 0 Å². The van der Waals surface area contributed by atoms with Crippen LogP contribution in [0.3, 0.4) is 0 Å². The Hall–Kier alpha value is -1.50. The van der Waals surface area contributed by atoms with E-state index >= 15 is 0 Å². The number of piperidine rings is 1. The Morgan fingerprint density at radius 1 is 1.50 bits per heavy atom. The minimum absolute atomic E-state index is 0.0282. The number of carbonyl (C=O) groups excluding carboxylic acids is 2. The van der Waals surface area contributed by atoms with Crippen LogP contribution in [0.2, 0.25) is 0 Å². The van der Waals surface area contributed by atoms with E-state index in [0.29, 0.717) is 19.5 Å². The maximum absolute atomic E-state index is 12.3. The van der Waals surface area contributed by atoms with E-state index in [1.807, 2.05) is 29.7 Å². The van der Waals surface area contributed by atoms with E-state index < -0.39 is 0 Å². The second-order valence-electron chi connectivity index (χ2n) is 5.55. The van der Waals surface area contributed by atoms with Gasteiger partial charge in [0.25, 0.3) is 0 Å². The van der Waals surface area contributed by atoms with Crippen LogP contribution in [0.15, 0.2) is 11.4 Å². The lowest BCUT2D eigenvalue weighted by molar-refractivity contribution is -0.135. The molecule has 1 atom stereocenters. The zero-order valence-electron chi connectivity index (χ0n) is 13.5. The third kappa shape index (κ3) is 3.82. The number of aromatic nitrogens is 2. The number of hydrogen-bond acceptors (Lipinski definition) is 4. The largest absolute Gasteiger partial charge is 0.350 e. The highest BCUT2D eigenvalue weighted by molar-refractivity contribution is 7.98. The van der Waals surface area contributed by atoms with Crippen molar-refractivity contribution in [1.29, 1.82) is 0 Å². The normalized spacial score (nSPS) is 18.3. The molecule has 22 heavy (non-hydrogen) atoms. The summed E-state index contributed by atoms with van der Waals surface area (Å²) in [5.74, 6) is 0.0618. The smallest absolute Gasteiger partial charge is 0.225 e. The minimum atomic E-state index is -0.0995. The lowest BCUT2D eigenvalue weighted by atomic mass is 9.97. The Kier molecular flexibility index (Phi) is 5.88. The summed E-state index contributed by atoms with van der Waals surface area (Å²) in [6.45, 7) is 3.65. The van der Waals surface area contributed by atoms with E-state index in [1.54, 1.807) is 18.0 Å². The number of likely N-dealkylation sites (tertiary alicyclic amines) is 1. The van der Waals surface area contributed by atoms with Crippen LogP contribution < -0.4 is 5.32 Å². The van der Waals surface area contributed by atoms with Crippen LogP contribution in [0.4, 0.5) is 0 Å². The standard InChI is InChI=1S/C15H24N4O2S/c1-4-13(20)19-7-5-6-11(10-19)14(21)16-8-12-9-17-15(22-3)18(12)2/h9,11H,4-8,10H2,1-3H3,(H,16,21)/t11-/m0/s1. The van der Waals surface area contributed by atoms with Crippen molar-refractivity contribution in [2.75, 3.05) is 19.3 Å². The molecule has 2 heterocycles. The quantitative estimate of drug-likeness (QED) is 0.832. The van der Waals surface area contributed by atoms with Crippen LogP contribution >= 0.6 is 11.8 Å². The molecule has 2 amide bonds. The van der Waals surface area contributed by atoms with Gasteiger partial charge in [0.2, 0.25) is 11.8 Å². The van der Waals surface area contributed by atoms with Crippen LogP contribution in [-0.2, 0) is 23.2 Å². The summed E-state index contributed by atoms with van der Waals surface area (Å²) in [5.41, 5.74) is 0.981. The van der Waals surface area contributed by atoms with E-state index in [1.165, 1.54) is 0 Å².